The Kier molecular flexibility index (Phi) is 2.49. The van der Waals surface area contributed by atoms with Crippen LogP contribution >= 0.6 is 0 Å². The molecular formula is C16H24N2O. The van der Waals surface area contributed by atoms with Crippen molar-refractivity contribution in [3.63, 3.8) is 0 Å². The molecule has 0 spiro atoms. The van der Waals surface area contributed by atoms with E-state index in [1.54, 1.807) is 0 Å². The van der Waals surface area contributed by atoms with Crippen LogP contribution in [0, 0.1) is 23.2 Å². The maximum absolute atomic E-state index is 5.91. The molecule has 2 N–H and O–H groups in total. The van der Waals surface area contributed by atoms with Gasteiger partial charge in [-0.15, -0.1) is 0 Å². The highest BCUT2D eigenvalue weighted by Crippen LogP contribution is 2.61. The Labute approximate surface area is 114 Å². The zero-order valence-electron chi connectivity index (χ0n) is 11.8. The van der Waals surface area contributed by atoms with Gasteiger partial charge in [0.25, 0.3) is 0 Å². The SMILES string of the molecule is CCc1c(N)noc1CC12CC3CC(CC(C3)C1)C2. The summed E-state index contributed by atoms with van der Waals surface area (Å²) in [6.07, 6.45) is 10.8. The van der Waals surface area contributed by atoms with Gasteiger partial charge in [0.15, 0.2) is 5.82 Å². The zero-order valence-corrected chi connectivity index (χ0v) is 11.8. The molecule has 0 radical (unpaired) electrons. The van der Waals surface area contributed by atoms with Crippen molar-refractivity contribution in [2.24, 2.45) is 23.2 Å². The summed E-state index contributed by atoms with van der Waals surface area (Å²) in [6, 6.07) is 0. The fraction of sp³-hybridized carbons (Fsp3) is 0.812. The first-order chi connectivity index (χ1) is 9.17. The number of hydrogen-bond acceptors (Lipinski definition) is 3. The maximum Gasteiger partial charge on any atom is 0.170 e. The van der Waals surface area contributed by atoms with Crippen LogP contribution in [0.5, 0.6) is 0 Å². The van der Waals surface area contributed by atoms with Crippen molar-refractivity contribution in [2.45, 2.75) is 58.3 Å². The predicted octanol–water partition coefficient (Wildman–Crippen LogP) is 3.58. The van der Waals surface area contributed by atoms with Gasteiger partial charge in [-0.25, -0.2) is 0 Å². The van der Waals surface area contributed by atoms with Crippen molar-refractivity contribution in [1.29, 1.82) is 0 Å². The van der Waals surface area contributed by atoms with Gasteiger partial charge in [0.2, 0.25) is 0 Å². The molecule has 4 aliphatic carbocycles. The first-order valence-electron chi connectivity index (χ1n) is 7.90. The molecule has 4 saturated carbocycles. The second-order valence-electron chi connectivity index (χ2n) is 7.42. The number of anilines is 1. The van der Waals surface area contributed by atoms with Crippen LogP contribution < -0.4 is 5.73 Å². The van der Waals surface area contributed by atoms with Gasteiger partial charge in [-0.3, -0.25) is 0 Å². The van der Waals surface area contributed by atoms with Gasteiger partial charge in [-0.2, -0.15) is 0 Å². The van der Waals surface area contributed by atoms with E-state index in [0.717, 1.165) is 41.9 Å². The lowest BCUT2D eigenvalue weighted by Gasteiger charge is -2.56. The molecule has 104 valence electrons. The van der Waals surface area contributed by atoms with Crippen molar-refractivity contribution >= 4 is 5.82 Å². The summed E-state index contributed by atoms with van der Waals surface area (Å²) in [5.41, 5.74) is 7.60. The van der Waals surface area contributed by atoms with E-state index in [-0.39, 0.29) is 0 Å². The Balaban J connectivity index is 1.62. The molecule has 19 heavy (non-hydrogen) atoms. The molecule has 1 aromatic heterocycles. The molecule has 0 atom stereocenters. The average Bonchev–Trinajstić information content (AvgIpc) is 2.67. The molecule has 0 saturated heterocycles. The summed E-state index contributed by atoms with van der Waals surface area (Å²) in [5.74, 6) is 4.69. The lowest BCUT2D eigenvalue weighted by atomic mass is 9.48. The second kappa shape index (κ2) is 4.00. The van der Waals surface area contributed by atoms with Crippen LogP contribution in [0.1, 0.15) is 56.8 Å². The molecule has 5 rings (SSSR count). The van der Waals surface area contributed by atoms with Crippen molar-refractivity contribution in [2.75, 3.05) is 5.73 Å². The summed E-state index contributed by atoms with van der Waals surface area (Å²) < 4.78 is 5.55. The number of hydrogen-bond donors (Lipinski definition) is 1. The van der Waals surface area contributed by atoms with Crippen LogP contribution in [0.4, 0.5) is 5.82 Å². The van der Waals surface area contributed by atoms with Crippen LogP contribution in [-0.2, 0) is 12.8 Å². The van der Waals surface area contributed by atoms with Gasteiger partial charge in [0.05, 0.1) is 0 Å². The van der Waals surface area contributed by atoms with Crippen molar-refractivity contribution in [3.05, 3.63) is 11.3 Å². The van der Waals surface area contributed by atoms with Crippen molar-refractivity contribution < 1.29 is 4.52 Å². The summed E-state index contributed by atoms with van der Waals surface area (Å²) >= 11 is 0. The monoisotopic (exact) mass is 260 g/mol. The van der Waals surface area contributed by atoms with Crippen molar-refractivity contribution in [1.82, 2.24) is 5.16 Å². The second-order valence-corrected chi connectivity index (χ2v) is 7.42. The Bertz CT molecular complexity index is 456. The molecule has 3 nitrogen and oxygen atoms in total. The van der Waals surface area contributed by atoms with E-state index < -0.39 is 0 Å². The van der Waals surface area contributed by atoms with Gasteiger partial charge in [0.1, 0.15) is 5.76 Å². The number of rotatable bonds is 3. The minimum absolute atomic E-state index is 0.518. The largest absolute Gasteiger partial charge is 0.381 e. The maximum atomic E-state index is 5.91. The summed E-state index contributed by atoms with van der Waals surface area (Å²) in [4.78, 5) is 0. The third-order valence-electron chi connectivity index (χ3n) is 5.95. The smallest absolute Gasteiger partial charge is 0.170 e. The number of nitrogens with zero attached hydrogens (tertiary/aromatic N) is 1. The van der Waals surface area contributed by atoms with Gasteiger partial charge in [0, 0.05) is 12.0 Å². The number of nitrogen functional groups attached to an aromatic ring is 1. The van der Waals surface area contributed by atoms with E-state index in [2.05, 4.69) is 12.1 Å². The van der Waals surface area contributed by atoms with Crippen LogP contribution in [0.25, 0.3) is 0 Å². The molecule has 0 amide bonds. The first-order valence-corrected chi connectivity index (χ1v) is 7.90. The van der Waals surface area contributed by atoms with E-state index in [0.29, 0.717) is 11.2 Å². The van der Waals surface area contributed by atoms with E-state index in [1.165, 1.54) is 38.5 Å². The summed E-state index contributed by atoms with van der Waals surface area (Å²) in [5, 5.41) is 3.99. The third kappa shape index (κ3) is 1.81. The highest BCUT2D eigenvalue weighted by molar-refractivity contribution is 5.40. The van der Waals surface area contributed by atoms with E-state index in [1.807, 2.05) is 0 Å². The lowest BCUT2D eigenvalue weighted by molar-refractivity contribution is -0.0551. The Morgan fingerprint density at radius 3 is 2.26 bits per heavy atom. The normalized spacial score (nSPS) is 39.9. The minimum Gasteiger partial charge on any atom is -0.381 e. The number of aromatic nitrogens is 1. The molecule has 3 heteroatoms. The van der Waals surface area contributed by atoms with Gasteiger partial charge in [-0.1, -0.05) is 12.1 Å². The first kappa shape index (κ1) is 11.8. The molecule has 1 aromatic rings. The molecule has 4 aliphatic rings. The summed E-state index contributed by atoms with van der Waals surface area (Å²) in [7, 11) is 0. The van der Waals surface area contributed by atoms with E-state index in [4.69, 9.17) is 10.3 Å². The van der Waals surface area contributed by atoms with Gasteiger partial charge >= 0.3 is 0 Å². The highest BCUT2D eigenvalue weighted by atomic mass is 16.5. The fourth-order valence-corrected chi connectivity index (χ4v) is 5.72. The molecule has 4 fully saturated rings. The molecule has 0 aliphatic heterocycles. The Morgan fingerprint density at radius 2 is 1.74 bits per heavy atom. The van der Waals surface area contributed by atoms with Crippen LogP contribution in [0.15, 0.2) is 4.52 Å². The molecule has 1 heterocycles. The zero-order chi connectivity index (χ0) is 13.0. The van der Waals surface area contributed by atoms with Crippen LogP contribution in [0.3, 0.4) is 0 Å². The topological polar surface area (TPSA) is 52.0 Å². The molecule has 4 bridgehead atoms. The van der Waals surface area contributed by atoms with Crippen LogP contribution in [0.2, 0.25) is 0 Å². The van der Waals surface area contributed by atoms with Crippen molar-refractivity contribution in [3.8, 4) is 0 Å². The third-order valence-corrected chi connectivity index (χ3v) is 5.95. The van der Waals surface area contributed by atoms with Gasteiger partial charge < -0.3 is 10.3 Å². The molecule has 0 unspecified atom stereocenters. The Hall–Kier alpha value is -0.990. The van der Waals surface area contributed by atoms with E-state index in [9.17, 15) is 0 Å². The fourth-order valence-electron chi connectivity index (χ4n) is 5.72. The summed E-state index contributed by atoms with van der Waals surface area (Å²) in [6.45, 7) is 2.14. The quantitative estimate of drug-likeness (QED) is 0.903. The molecule has 0 aromatic carbocycles. The van der Waals surface area contributed by atoms with Crippen LogP contribution in [-0.4, -0.2) is 5.16 Å². The highest BCUT2D eigenvalue weighted by Gasteiger charge is 2.51. The minimum atomic E-state index is 0.518. The van der Waals surface area contributed by atoms with E-state index >= 15 is 0 Å². The Morgan fingerprint density at radius 1 is 1.16 bits per heavy atom. The number of nitrogens with two attached hydrogens (primary N) is 1. The van der Waals surface area contributed by atoms with Gasteiger partial charge in [-0.05, 0) is 68.1 Å². The average molecular weight is 260 g/mol. The predicted molar refractivity (Wildman–Crippen MR) is 74.6 cm³/mol. The molecular weight excluding hydrogens is 236 g/mol. The lowest BCUT2D eigenvalue weighted by Crippen LogP contribution is -2.47. The standard InChI is InChI=1S/C16H24N2O/c1-2-13-14(19-18-15(13)17)9-16-6-10-3-11(7-16)5-12(4-10)8-16/h10-12H,2-9H2,1H3,(H2,17,18).